The number of hydrogen-bond acceptors (Lipinski definition) is 4. The first kappa shape index (κ1) is 17.4. The number of amides is 3. The first-order valence-electron chi connectivity index (χ1n) is 7.64. The van der Waals surface area contributed by atoms with Gasteiger partial charge in [0.25, 0.3) is 5.24 Å². The van der Waals surface area contributed by atoms with Crippen molar-refractivity contribution >= 4 is 50.2 Å². The van der Waals surface area contributed by atoms with Crippen LogP contribution in [-0.4, -0.2) is 16.2 Å². The van der Waals surface area contributed by atoms with Crippen molar-refractivity contribution in [3.63, 3.8) is 0 Å². The van der Waals surface area contributed by atoms with Crippen LogP contribution in [0.1, 0.15) is 5.56 Å². The van der Waals surface area contributed by atoms with E-state index in [1.54, 1.807) is 0 Å². The molecule has 0 fully saturated rings. The molecule has 126 valence electrons. The highest BCUT2D eigenvalue weighted by atomic mass is 33.1. The summed E-state index contributed by atoms with van der Waals surface area (Å²) < 4.78 is 0. The normalized spacial score (nSPS) is 10.4. The molecule has 4 nitrogen and oxygen atoms in total. The molecule has 0 spiro atoms. The van der Waals surface area contributed by atoms with Crippen molar-refractivity contribution in [1.82, 2.24) is 4.90 Å². The van der Waals surface area contributed by atoms with Gasteiger partial charge in [0, 0.05) is 16.2 Å². The van der Waals surface area contributed by atoms with Crippen LogP contribution in [0.15, 0.2) is 72.8 Å². The number of nitrogens with zero attached hydrogens (tertiary/aromatic N) is 1. The van der Waals surface area contributed by atoms with Gasteiger partial charge in [-0.05, 0) is 17.0 Å². The number of rotatable bonds is 3. The molecule has 0 aliphatic rings. The Morgan fingerprint density at radius 3 is 2.36 bits per heavy atom. The van der Waals surface area contributed by atoms with Crippen molar-refractivity contribution in [3.8, 4) is 0 Å². The summed E-state index contributed by atoms with van der Waals surface area (Å²) in [6, 6.07) is 22.3. The fourth-order valence-corrected chi connectivity index (χ4v) is 3.09. The van der Waals surface area contributed by atoms with Crippen LogP contribution in [-0.2, 0) is 6.54 Å². The van der Waals surface area contributed by atoms with Gasteiger partial charge in [0.05, 0.1) is 12.2 Å². The monoisotopic (exact) mass is 368 g/mol. The second-order valence-corrected chi connectivity index (χ2v) is 6.47. The molecule has 0 aliphatic heterocycles. The van der Waals surface area contributed by atoms with Crippen molar-refractivity contribution in [2.75, 3.05) is 5.32 Å². The zero-order valence-corrected chi connectivity index (χ0v) is 15.0. The van der Waals surface area contributed by atoms with Gasteiger partial charge in [-0.25, -0.2) is 9.69 Å². The zero-order chi connectivity index (χ0) is 17.6. The fraction of sp³-hybridized carbons (Fsp3) is 0.0526. The molecule has 3 aromatic rings. The van der Waals surface area contributed by atoms with Crippen LogP contribution in [0.4, 0.5) is 15.3 Å². The molecular weight excluding hydrogens is 352 g/mol. The quantitative estimate of drug-likeness (QED) is 0.469. The molecule has 6 heteroatoms. The number of fused-ring (bicyclic) bond motifs is 1. The lowest BCUT2D eigenvalue weighted by atomic mass is 10.1. The number of benzene rings is 3. The van der Waals surface area contributed by atoms with Gasteiger partial charge in [0.2, 0.25) is 0 Å². The van der Waals surface area contributed by atoms with Crippen LogP contribution in [0.5, 0.6) is 0 Å². The Morgan fingerprint density at radius 2 is 1.60 bits per heavy atom. The number of nitrogens with one attached hydrogen (secondary N) is 1. The smallest absolute Gasteiger partial charge is 0.307 e. The van der Waals surface area contributed by atoms with Gasteiger partial charge >= 0.3 is 6.03 Å². The number of anilines is 1. The van der Waals surface area contributed by atoms with Crippen LogP contribution < -0.4 is 5.32 Å². The highest BCUT2D eigenvalue weighted by Crippen LogP contribution is 2.24. The van der Waals surface area contributed by atoms with Crippen molar-refractivity contribution in [1.29, 1.82) is 0 Å². The van der Waals surface area contributed by atoms with Gasteiger partial charge in [0.1, 0.15) is 0 Å². The van der Waals surface area contributed by atoms with E-state index in [9.17, 15) is 9.59 Å². The Balaban J connectivity index is 1.86. The van der Waals surface area contributed by atoms with E-state index in [0.29, 0.717) is 16.5 Å². The molecule has 1 N–H and O–H groups in total. The summed E-state index contributed by atoms with van der Waals surface area (Å²) in [7, 11) is 0.715. The van der Waals surface area contributed by atoms with Gasteiger partial charge in [-0.2, -0.15) is 0 Å². The molecule has 0 radical (unpaired) electrons. The third kappa shape index (κ3) is 4.15. The molecule has 0 unspecified atom stereocenters. The highest BCUT2D eigenvalue weighted by molar-refractivity contribution is 8.74. The summed E-state index contributed by atoms with van der Waals surface area (Å²) in [6.45, 7) is 0.184. The number of thiol groups is 1. The average molecular weight is 368 g/mol. The molecule has 3 aromatic carbocycles. The number of urea groups is 1. The predicted octanol–water partition coefficient (Wildman–Crippen LogP) is 5.57. The third-order valence-corrected chi connectivity index (χ3v) is 4.60. The lowest BCUT2D eigenvalue weighted by molar-refractivity contribution is 0.207. The van der Waals surface area contributed by atoms with E-state index in [0.717, 1.165) is 21.2 Å². The Hall–Kier alpha value is -2.44. The maximum atomic E-state index is 12.7. The maximum Gasteiger partial charge on any atom is 0.329 e. The third-order valence-electron chi connectivity index (χ3n) is 3.76. The van der Waals surface area contributed by atoms with Crippen LogP contribution >= 0.6 is 22.5 Å². The van der Waals surface area contributed by atoms with Crippen molar-refractivity contribution in [2.24, 2.45) is 0 Å². The maximum absolute atomic E-state index is 12.7. The Bertz CT molecular complexity index is 895. The standard InChI is InChI=1S/C19H16N2O2S2/c22-18(20-17-12-6-10-15-9-4-5-11-16(15)17)21(19(23)25-24)13-14-7-2-1-3-8-14/h1-12,24H,13H2,(H,20,22). The van der Waals surface area contributed by atoms with E-state index in [1.807, 2.05) is 72.8 Å². The molecule has 25 heavy (non-hydrogen) atoms. The Kier molecular flexibility index (Phi) is 5.63. The van der Waals surface area contributed by atoms with Crippen LogP contribution in [0.2, 0.25) is 0 Å². The largest absolute Gasteiger partial charge is 0.329 e. The summed E-state index contributed by atoms with van der Waals surface area (Å²) in [4.78, 5) is 26.0. The number of carbonyl (C=O) groups excluding carboxylic acids is 2. The first-order valence-corrected chi connectivity index (χ1v) is 9.51. The summed E-state index contributed by atoms with van der Waals surface area (Å²) in [5, 5.41) is 4.35. The number of imide groups is 1. The number of hydrogen-bond donors (Lipinski definition) is 2. The summed E-state index contributed by atoms with van der Waals surface area (Å²) in [6.07, 6.45) is 0. The van der Waals surface area contributed by atoms with E-state index in [2.05, 4.69) is 17.0 Å². The van der Waals surface area contributed by atoms with Crippen LogP contribution in [0.3, 0.4) is 0 Å². The Labute approximate surface area is 155 Å². The first-order chi connectivity index (χ1) is 12.2. The second-order valence-electron chi connectivity index (χ2n) is 5.39. The zero-order valence-electron chi connectivity index (χ0n) is 13.3. The minimum atomic E-state index is -0.480. The molecule has 0 bridgehead atoms. The summed E-state index contributed by atoms with van der Waals surface area (Å²) >= 11 is 3.95. The second kappa shape index (κ2) is 8.09. The highest BCUT2D eigenvalue weighted by Gasteiger charge is 2.22. The molecule has 0 heterocycles. The topological polar surface area (TPSA) is 49.4 Å². The summed E-state index contributed by atoms with van der Waals surface area (Å²) in [5.74, 6) is 0. The van der Waals surface area contributed by atoms with Crippen molar-refractivity contribution in [3.05, 3.63) is 78.4 Å². The van der Waals surface area contributed by atoms with Crippen LogP contribution in [0, 0.1) is 0 Å². The van der Waals surface area contributed by atoms with E-state index in [4.69, 9.17) is 0 Å². The molecule has 3 amide bonds. The molecule has 0 atom stereocenters. The van der Waals surface area contributed by atoms with E-state index in [1.165, 1.54) is 0 Å². The predicted molar refractivity (Wildman–Crippen MR) is 107 cm³/mol. The molecule has 0 saturated heterocycles. The van der Waals surface area contributed by atoms with Crippen molar-refractivity contribution < 1.29 is 9.59 Å². The lowest BCUT2D eigenvalue weighted by Crippen LogP contribution is -2.36. The average Bonchev–Trinajstić information content (AvgIpc) is 2.66. The number of carbonyl (C=O) groups is 2. The van der Waals surface area contributed by atoms with Gasteiger partial charge in [-0.1, -0.05) is 66.7 Å². The lowest BCUT2D eigenvalue weighted by Gasteiger charge is -2.20. The molecule has 0 aromatic heterocycles. The summed E-state index contributed by atoms with van der Waals surface area (Å²) in [5.41, 5.74) is 1.53. The molecular formula is C19H16N2O2S2. The van der Waals surface area contributed by atoms with Gasteiger partial charge in [-0.3, -0.25) is 4.79 Å². The Morgan fingerprint density at radius 1 is 0.920 bits per heavy atom. The van der Waals surface area contributed by atoms with Gasteiger partial charge in [0.15, 0.2) is 0 Å². The fourth-order valence-electron chi connectivity index (χ4n) is 2.55. The molecule has 0 aliphatic carbocycles. The van der Waals surface area contributed by atoms with Crippen molar-refractivity contribution in [2.45, 2.75) is 6.54 Å². The van der Waals surface area contributed by atoms with E-state index >= 15 is 0 Å². The minimum absolute atomic E-state index is 0.184. The van der Waals surface area contributed by atoms with Crippen LogP contribution in [0.25, 0.3) is 10.8 Å². The molecule has 0 saturated carbocycles. The SMILES string of the molecule is O=C(Nc1cccc2ccccc12)N(Cc1ccccc1)C(=O)SS. The van der Waals surface area contributed by atoms with Gasteiger partial charge < -0.3 is 5.32 Å². The minimum Gasteiger partial charge on any atom is -0.307 e. The van der Waals surface area contributed by atoms with E-state index in [-0.39, 0.29) is 6.54 Å². The van der Waals surface area contributed by atoms with E-state index < -0.39 is 11.3 Å². The van der Waals surface area contributed by atoms with Gasteiger partial charge in [-0.15, -0.1) is 11.7 Å². The molecule has 3 rings (SSSR count).